The monoisotopic (exact) mass is 1400 g/mol. The second kappa shape index (κ2) is 29.5. The van der Waals surface area contributed by atoms with Crippen molar-refractivity contribution in [3.05, 3.63) is 359 Å². The van der Waals surface area contributed by atoms with Crippen LogP contribution in [-0.2, 0) is 28.7 Å². The normalized spacial score (nSPS) is 13.1. The maximum Gasteiger partial charge on any atom is 0.266 e. The summed E-state index contributed by atoms with van der Waals surface area (Å²) in [5, 5.41) is 16.0. The van der Waals surface area contributed by atoms with Crippen molar-refractivity contribution in [2.75, 3.05) is 14.2 Å². The molecule has 2 atom stereocenters. The molecule has 13 nitrogen and oxygen atoms in total. The van der Waals surface area contributed by atoms with Gasteiger partial charge in [0.05, 0.1) is 48.4 Å². The third-order valence-electron chi connectivity index (χ3n) is 18.8. The number of nitrogens with two attached hydrogens (primary N) is 1. The summed E-state index contributed by atoms with van der Waals surface area (Å²) in [6.07, 6.45) is 8.00. The summed E-state index contributed by atoms with van der Waals surface area (Å²) in [4.78, 5) is 31.8. The number of ether oxygens (including phenoxy) is 2. The van der Waals surface area contributed by atoms with E-state index in [0.717, 1.165) is 123 Å². The van der Waals surface area contributed by atoms with Gasteiger partial charge in [0.1, 0.15) is 39.7 Å². The topological polar surface area (TPSA) is 160 Å². The number of methoxy groups -OCH3 is 2. The smallest absolute Gasteiger partial charge is 0.266 e. The number of pyridine rings is 2. The minimum atomic E-state index is -1.58. The zero-order valence-corrected chi connectivity index (χ0v) is 58.7. The molecule has 102 heavy (non-hydrogen) atoms. The van der Waals surface area contributed by atoms with Gasteiger partial charge >= 0.3 is 0 Å². The minimum absolute atomic E-state index is 0.0742. The van der Waals surface area contributed by atoms with E-state index < -0.39 is 14.9 Å². The van der Waals surface area contributed by atoms with E-state index in [0.29, 0.717) is 24.3 Å². The van der Waals surface area contributed by atoms with E-state index in [-0.39, 0.29) is 18.0 Å². The lowest BCUT2D eigenvalue weighted by Gasteiger charge is -2.37. The van der Waals surface area contributed by atoms with Crippen LogP contribution in [0.25, 0.3) is 44.3 Å². The second-order valence-corrected chi connectivity index (χ2v) is 27.4. The Hall–Kier alpha value is -11.3. The molecule has 0 spiro atoms. The summed E-state index contributed by atoms with van der Waals surface area (Å²) in [5.41, 5.74) is 22.6. The van der Waals surface area contributed by atoms with Crippen LogP contribution in [0, 0.1) is 0 Å². The Morgan fingerprint density at radius 3 is 1.19 bits per heavy atom. The Morgan fingerprint density at radius 2 is 0.814 bits per heavy atom. The summed E-state index contributed by atoms with van der Waals surface area (Å²) < 4.78 is 13.2. The number of hydrogen-bond acceptors (Lipinski definition) is 10. The van der Waals surface area contributed by atoms with E-state index in [1.165, 1.54) is 0 Å². The van der Waals surface area contributed by atoms with Gasteiger partial charge in [-0.15, -0.1) is 0 Å². The molecule has 16 heteroatoms. The number of alkyl halides is 3. The number of rotatable bonds is 16. The van der Waals surface area contributed by atoms with Crippen molar-refractivity contribution in [1.29, 1.82) is 0 Å². The first-order valence-electron chi connectivity index (χ1n) is 33.6. The van der Waals surface area contributed by atoms with Gasteiger partial charge < -0.3 is 20.5 Å². The molecule has 6 heterocycles. The molecular formula is C86H71Cl3N10O3. The maximum atomic E-state index is 13.7. The third kappa shape index (κ3) is 13.3. The molecule has 504 valence electrons. The zero-order chi connectivity index (χ0) is 70.4. The Balaban J connectivity index is 0.000000152. The molecule has 10 aromatic carbocycles. The van der Waals surface area contributed by atoms with E-state index in [9.17, 15) is 4.79 Å². The number of amides is 1. The number of aromatic nitrogens is 6. The van der Waals surface area contributed by atoms with Gasteiger partial charge in [-0.1, -0.05) is 241 Å². The molecule has 16 rings (SSSR count). The number of aliphatic imine (C=N–C) groups is 2. The fraction of sp³-hybridized carbons (Fsp3) is 0.128. The van der Waals surface area contributed by atoms with Crippen molar-refractivity contribution in [2.24, 2.45) is 15.7 Å². The molecule has 0 aliphatic carbocycles. The minimum Gasteiger partial charge on any atom is -0.497 e. The van der Waals surface area contributed by atoms with Gasteiger partial charge in [0, 0.05) is 65.6 Å². The molecule has 0 unspecified atom stereocenters. The fourth-order valence-electron chi connectivity index (χ4n) is 13.9. The predicted molar refractivity (Wildman–Crippen MR) is 412 cm³/mol. The molecule has 2 aliphatic rings. The first kappa shape index (κ1) is 67.8. The largest absolute Gasteiger partial charge is 0.497 e. The second-order valence-electron chi connectivity index (χ2n) is 25.1. The Labute approximate surface area is 607 Å². The number of benzene rings is 10. The Morgan fingerprint density at radius 1 is 0.451 bits per heavy atom. The highest BCUT2D eigenvalue weighted by Crippen LogP contribution is 2.49. The van der Waals surface area contributed by atoms with Gasteiger partial charge in [0.15, 0.2) is 0 Å². The summed E-state index contributed by atoms with van der Waals surface area (Å²) in [5.74, 6) is 1.42. The van der Waals surface area contributed by atoms with Crippen molar-refractivity contribution in [3.63, 3.8) is 0 Å². The van der Waals surface area contributed by atoms with E-state index >= 15 is 0 Å². The van der Waals surface area contributed by atoms with E-state index in [1.54, 1.807) is 39.0 Å². The molecule has 4 aromatic heterocycles. The number of carbonyl (C=O) groups excluding carboxylic acids is 1. The zero-order valence-electron chi connectivity index (χ0n) is 56.5. The number of halogens is 3. The van der Waals surface area contributed by atoms with Crippen LogP contribution in [0.1, 0.15) is 81.6 Å². The van der Waals surface area contributed by atoms with Crippen LogP contribution in [0.15, 0.2) is 314 Å². The van der Waals surface area contributed by atoms with Gasteiger partial charge in [0.2, 0.25) is 3.79 Å². The van der Waals surface area contributed by atoms with Crippen LogP contribution >= 0.6 is 34.8 Å². The Bertz CT molecular complexity index is 5140. The molecule has 14 aromatic rings. The van der Waals surface area contributed by atoms with E-state index in [1.807, 2.05) is 123 Å². The number of nitrogens with zero attached hydrogens (tertiary/aromatic N) is 8. The van der Waals surface area contributed by atoms with Crippen LogP contribution in [-0.4, -0.2) is 64.9 Å². The van der Waals surface area contributed by atoms with Crippen LogP contribution in [0.2, 0.25) is 0 Å². The SMILES string of the molecule is COc1cccc([C@@H](C)N)c1.COc1cccc([C@@H](C)NC(=O)C2=Nc3cc4c(-c5ccncc5)nn(C(c5ccccc5)(c5ccccc5)c5ccccc5)c4cc3C2)c1.ClC(Cl)(Cl)C1=Nc2cc3c(-c4ccncc4)nn(C(c4ccccc4)(c4ccccc4)c4ccccc4)c3cc2C1. The summed E-state index contributed by atoms with van der Waals surface area (Å²) in [7, 11) is 3.29. The first-order valence-corrected chi connectivity index (χ1v) is 34.7. The molecule has 0 bridgehead atoms. The van der Waals surface area contributed by atoms with Gasteiger partial charge in [-0.05, 0) is 142 Å². The first-order chi connectivity index (χ1) is 49.8. The van der Waals surface area contributed by atoms with Gasteiger partial charge in [-0.2, -0.15) is 10.2 Å². The van der Waals surface area contributed by atoms with Gasteiger partial charge in [-0.3, -0.25) is 19.8 Å². The molecule has 3 N–H and O–H groups in total. The number of nitrogens with one attached hydrogen (secondary N) is 1. The van der Waals surface area contributed by atoms with E-state index in [4.69, 9.17) is 70.2 Å². The summed E-state index contributed by atoms with van der Waals surface area (Å²) in [6.45, 7) is 3.92. The van der Waals surface area contributed by atoms with Crippen LogP contribution < -0.4 is 20.5 Å². The van der Waals surface area contributed by atoms with Crippen LogP contribution in [0.4, 0.5) is 11.4 Å². The number of hydrogen-bond donors (Lipinski definition) is 2. The fourth-order valence-corrected chi connectivity index (χ4v) is 14.2. The lowest BCUT2D eigenvalue weighted by Crippen LogP contribution is -2.38. The average Bonchev–Trinajstić information content (AvgIpc) is 1.65. The molecule has 0 radical (unpaired) electrons. The van der Waals surface area contributed by atoms with Crippen molar-refractivity contribution in [2.45, 2.75) is 53.6 Å². The third-order valence-corrected chi connectivity index (χ3v) is 19.5. The lowest BCUT2D eigenvalue weighted by molar-refractivity contribution is -0.115. The maximum absolute atomic E-state index is 13.7. The van der Waals surface area contributed by atoms with Gasteiger partial charge in [-0.25, -0.2) is 14.4 Å². The summed E-state index contributed by atoms with van der Waals surface area (Å²) in [6, 6.07) is 94.9. The highest BCUT2D eigenvalue weighted by Gasteiger charge is 2.44. The highest BCUT2D eigenvalue weighted by molar-refractivity contribution is 6.77. The van der Waals surface area contributed by atoms with E-state index in [2.05, 4.69) is 195 Å². The Kier molecular flexibility index (Phi) is 19.6. The molecule has 0 saturated carbocycles. The van der Waals surface area contributed by atoms with Crippen molar-refractivity contribution >= 4 is 85.3 Å². The molecule has 1 amide bonds. The summed E-state index contributed by atoms with van der Waals surface area (Å²) >= 11 is 18.8. The molecule has 2 aliphatic heterocycles. The quantitative estimate of drug-likeness (QED) is 0.0714. The highest BCUT2D eigenvalue weighted by atomic mass is 35.6. The average molecular weight is 1400 g/mol. The van der Waals surface area contributed by atoms with Crippen molar-refractivity contribution in [1.82, 2.24) is 34.8 Å². The van der Waals surface area contributed by atoms with Crippen molar-refractivity contribution < 1.29 is 14.3 Å². The standard InChI is InChI=1S/C43H35N5O2.C34H23Cl3N4.C9H13NO/c1-29(31-13-12-20-36(25-31)50-2)45-42(49)39-26-32-27-40-37(28-38(32)46-39)41(30-21-23-44-24-22-30)47-48(40)43(33-14-6-3-7-15-33,34-16-8-4-9-17-34)35-18-10-5-11-19-35;35-34(36,37)31-21-24-20-30-28(22-29(24)39-31)32(23-16-18-38-19-17-23)40-41(30)33(25-10-4-1-5-11-25,26-12-6-2-7-13-26)27-14-8-3-9-15-27;1-7(10)8-4-3-5-9(6-8)11-2/h3-25,27-29H,26H2,1-2H3,(H,45,49);1-20,22H,21H2;3-7H,10H2,1-2H3/t29-;;7-/m1.1/s1. The van der Waals surface area contributed by atoms with Crippen LogP contribution in [0.5, 0.6) is 11.5 Å². The van der Waals surface area contributed by atoms with Crippen molar-refractivity contribution in [3.8, 4) is 34.0 Å². The van der Waals surface area contributed by atoms with Crippen LogP contribution in [0.3, 0.4) is 0 Å². The molecule has 0 saturated heterocycles. The van der Waals surface area contributed by atoms with Gasteiger partial charge in [0.25, 0.3) is 5.91 Å². The molecule has 0 fully saturated rings. The predicted octanol–water partition coefficient (Wildman–Crippen LogP) is 19.1. The number of fused-ring (bicyclic) bond motifs is 4. The number of carbonyl (C=O) groups is 1. The molecular weight excluding hydrogens is 1330 g/mol. The lowest BCUT2D eigenvalue weighted by atomic mass is 9.77.